The van der Waals surface area contributed by atoms with Crippen molar-refractivity contribution in [2.75, 3.05) is 24.5 Å². The fourth-order valence-electron chi connectivity index (χ4n) is 3.48. The van der Waals surface area contributed by atoms with Gasteiger partial charge < -0.3 is 14.8 Å². The number of hydrogen-bond acceptors (Lipinski definition) is 6. The number of anilines is 2. The van der Waals surface area contributed by atoms with Crippen molar-refractivity contribution < 1.29 is 19.1 Å². The summed E-state index contributed by atoms with van der Waals surface area (Å²) in [7, 11) is 3.16. The van der Waals surface area contributed by atoms with E-state index in [0.29, 0.717) is 29.5 Å². The van der Waals surface area contributed by atoms with E-state index in [0.717, 1.165) is 5.56 Å². The lowest BCUT2D eigenvalue weighted by molar-refractivity contribution is -0.118. The van der Waals surface area contributed by atoms with Crippen molar-refractivity contribution in [3.63, 3.8) is 0 Å². The SMILES string of the molecule is COc1cccc(Cn2nccc2NC(=O)C2=NN(c3ccccc3)C(=O)CC2)c1OC. The molecular formula is C23H23N5O4. The van der Waals surface area contributed by atoms with Crippen LogP contribution in [0.15, 0.2) is 65.9 Å². The average molecular weight is 433 g/mol. The number of nitrogens with one attached hydrogen (secondary N) is 1. The zero-order chi connectivity index (χ0) is 22.5. The lowest BCUT2D eigenvalue weighted by Gasteiger charge is -2.23. The molecule has 0 aliphatic carbocycles. The van der Waals surface area contributed by atoms with Crippen molar-refractivity contribution in [1.82, 2.24) is 9.78 Å². The molecule has 1 N–H and O–H groups in total. The van der Waals surface area contributed by atoms with Crippen LogP contribution in [0.4, 0.5) is 11.5 Å². The van der Waals surface area contributed by atoms with Gasteiger partial charge in [0.2, 0.25) is 5.91 Å². The summed E-state index contributed by atoms with van der Waals surface area (Å²) in [5.74, 6) is 1.20. The van der Waals surface area contributed by atoms with Crippen LogP contribution < -0.4 is 19.8 Å². The Morgan fingerprint density at radius 1 is 1.03 bits per heavy atom. The molecular weight excluding hydrogens is 410 g/mol. The average Bonchev–Trinajstić information content (AvgIpc) is 3.26. The molecule has 3 aromatic rings. The second kappa shape index (κ2) is 9.34. The molecule has 2 aromatic carbocycles. The maximum atomic E-state index is 12.9. The van der Waals surface area contributed by atoms with E-state index in [1.807, 2.05) is 36.4 Å². The summed E-state index contributed by atoms with van der Waals surface area (Å²) >= 11 is 0. The van der Waals surface area contributed by atoms with Gasteiger partial charge in [-0.3, -0.25) is 9.59 Å². The van der Waals surface area contributed by atoms with Gasteiger partial charge in [-0.05, 0) is 18.2 Å². The number of carbonyl (C=O) groups excluding carboxylic acids is 2. The smallest absolute Gasteiger partial charge is 0.273 e. The largest absolute Gasteiger partial charge is 0.493 e. The molecule has 4 rings (SSSR count). The van der Waals surface area contributed by atoms with Crippen LogP contribution in [0.25, 0.3) is 0 Å². The molecule has 9 heteroatoms. The highest BCUT2D eigenvalue weighted by Crippen LogP contribution is 2.31. The molecule has 0 spiro atoms. The molecule has 164 valence electrons. The van der Waals surface area contributed by atoms with Crippen molar-refractivity contribution >= 4 is 29.0 Å². The molecule has 0 radical (unpaired) electrons. The lowest BCUT2D eigenvalue weighted by atomic mass is 10.1. The van der Waals surface area contributed by atoms with Gasteiger partial charge in [-0.25, -0.2) is 9.69 Å². The number of hydrazone groups is 1. The number of ether oxygens (including phenoxy) is 2. The van der Waals surface area contributed by atoms with E-state index >= 15 is 0 Å². The molecule has 0 atom stereocenters. The van der Waals surface area contributed by atoms with Crippen LogP contribution in [0.5, 0.6) is 11.5 Å². The number of para-hydroxylation sites is 2. The van der Waals surface area contributed by atoms with Crippen molar-refractivity contribution in [2.45, 2.75) is 19.4 Å². The maximum Gasteiger partial charge on any atom is 0.273 e. The van der Waals surface area contributed by atoms with Gasteiger partial charge in [-0.15, -0.1) is 0 Å². The maximum absolute atomic E-state index is 12.9. The molecule has 0 saturated carbocycles. The summed E-state index contributed by atoms with van der Waals surface area (Å²) < 4.78 is 12.5. The molecule has 1 aliphatic rings. The van der Waals surface area contributed by atoms with Crippen LogP contribution in [0, 0.1) is 0 Å². The van der Waals surface area contributed by atoms with Crippen LogP contribution >= 0.6 is 0 Å². The molecule has 0 fully saturated rings. The quantitative estimate of drug-likeness (QED) is 0.618. The van der Waals surface area contributed by atoms with E-state index in [1.165, 1.54) is 5.01 Å². The van der Waals surface area contributed by atoms with Gasteiger partial charge in [0.05, 0.1) is 32.6 Å². The fraction of sp³-hybridized carbons (Fsp3) is 0.217. The van der Waals surface area contributed by atoms with Gasteiger partial charge in [0.15, 0.2) is 11.5 Å². The third kappa shape index (κ3) is 4.31. The van der Waals surface area contributed by atoms with Gasteiger partial charge >= 0.3 is 0 Å². The number of hydrogen-bond donors (Lipinski definition) is 1. The third-order valence-electron chi connectivity index (χ3n) is 5.06. The molecule has 0 saturated heterocycles. The van der Waals surface area contributed by atoms with Gasteiger partial charge in [-0.1, -0.05) is 30.3 Å². The normalized spacial score (nSPS) is 13.5. The minimum absolute atomic E-state index is 0.150. The van der Waals surface area contributed by atoms with Crippen LogP contribution in [0.1, 0.15) is 18.4 Å². The minimum atomic E-state index is -0.377. The summed E-state index contributed by atoms with van der Waals surface area (Å²) in [5, 5.41) is 12.7. The van der Waals surface area contributed by atoms with Gasteiger partial charge in [0.25, 0.3) is 5.91 Å². The van der Waals surface area contributed by atoms with Crippen molar-refractivity contribution in [2.24, 2.45) is 5.10 Å². The molecule has 0 bridgehead atoms. The number of aromatic nitrogens is 2. The highest BCUT2D eigenvalue weighted by atomic mass is 16.5. The molecule has 1 aliphatic heterocycles. The van der Waals surface area contributed by atoms with Gasteiger partial charge in [0, 0.05) is 24.5 Å². The Balaban J connectivity index is 1.53. The zero-order valence-corrected chi connectivity index (χ0v) is 17.8. The minimum Gasteiger partial charge on any atom is -0.493 e. The van der Waals surface area contributed by atoms with E-state index < -0.39 is 0 Å². The van der Waals surface area contributed by atoms with Crippen LogP contribution in [0.3, 0.4) is 0 Å². The van der Waals surface area contributed by atoms with E-state index in [9.17, 15) is 9.59 Å². The van der Waals surface area contributed by atoms with E-state index in [4.69, 9.17) is 9.47 Å². The number of benzene rings is 2. The predicted octanol–water partition coefficient (Wildman–Crippen LogP) is 3.07. The van der Waals surface area contributed by atoms with Crippen molar-refractivity contribution in [3.05, 3.63) is 66.4 Å². The summed E-state index contributed by atoms with van der Waals surface area (Å²) in [5.41, 5.74) is 1.75. The number of carbonyl (C=O) groups is 2. The number of rotatable bonds is 7. The first-order valence-electron chi connectivity index (χ1n) is 10.1. The first-order chi connectivity index (χ1) is 15.6. The standard InChI is InChI=1S/C23H23N5O4/c1-31-19-10-6-7-16(22(19)32-2)15-27-20(13-14-24-27)25-23(30)18-11-12-21(29)28(26-18)17-8-4-3-5-9-17/h3-10,13-14H,11-12,15H2,1-2H3,(H,25,30). The Morgan fingerprint density at radius 2 is 1.84 bits per heavy atom. The topological polar surface area (TPSA) is 98.0 Å². The van der Waals surface area contributed by atoms with Gasteiger partial charge in [-0.2, -0.15) is 10.2 Å². The molecule has 0 unspecified atom stereocenters. The fourth-order valence-corrected chi connectivity index (χ4v) is 3.48. The predicted molar refractivity (Wildman–Crippen MR) is 120 cm³/mol. The first kappa shape index (κ1) is 21.1. The van der Waals surface area contributed by atoms with Gasteiger partial charge in [0.1, 0.15) is 11.5 Å². The van der Waals surface area contributed by atoms with E-state index in [2.05, 4.69) is 15.5 Å². The monoisotopic (exact) mass is 433 g/mol. The summed E-state index contributed by atoms with van der Waals surface area (Å²) in [6, 6.07) is 16.3. The Labute approximate surface area is 185 Å². The van der Waals surface area contributed by atoms with E-state index in [-0.39, 0.29) is 30.4 Å². The third-order valence-corrected chi connectivity index (χ3v) is 5.06. The summed E-state index contributed by atoms with van der Waals surface area (Å²) in [6.45, 7) is 0.365. The Morgan fingerprint density at radius 3 is 2.59 bits per heavy atom. The van der Waals surface area contributed by atoms with E-state index in [1.54, 1.807) is 43.3 Å². The first-order valence-corrected chi connectivity index (χ1v) is 10.1. The Bertz CT molecular complexity index is 1160. The lowest BCUT2D eigenvalue weighted by Crippen LogP contribution is -2.36. The molecule has 1 aromatic heterocycles. The highest BCUT2D eigenvalue weighted by Gasteiger charge is 2.26. The van der Waals surface area contributed by atoms with Crippen molar-refractivity contribution in [1.29, 1.82) is 0 Å². The molecule has 2 heterocycles. The van der Waals surface area contributed by atoms with Crippen LogP contribution in [0.2, 0.25) is 0 Å². The molecule has 32 heavy (non-hydrogen) atoms. The summed E-state index contributed by atoms with van der Waals surface area (Å²) in [6.07, 6.45) is 2.08. The summed E-state index contributed by atoms with van der Waals surface area (Å²) in [4.78, 5) is 25.2. The number of methoxy groups -OCH3 is 2. The second-order valence-electron chi connectivity index (χ2n) is 7.07. The highest BCUT2D eigenvalue weighted by molar-refractivity contribution is 6.44. The Hall–Kier alpha value is -4.14. The number of nitrogens with zero attached hydrogens (tertiary/aromatic N) is 4. The Kier molecular flexibility index (Phi) is 6.16. The zero-order valence-electron chi connectivity index (χ0n) is 17.8. The molecule has 9 nitrogen and oxygen atoms in total. The number of amides is 2. The van der Waals surface area contributed by atoms with Crippen molar-refractivity contribution in [3.8, 4) is 11.5 Å². The van der Waals surface area contributed by atoms with Crippen LogP contribution in [-0.2, 0) is 16.1 Å². The van der Waals surface area contributed by atoms with Crippen LogP contribution in [-0.4, -0.2) is 41.5 Å². The molecule has 2 amide bonds. The second-order valence-corrected chi connectivity index (χ2v) is 7.07.